The van der Waals surface area contributed by atoms with Gasteiger partial charge in [-0.3, -0.25) is 4.79 Å². The summed E-state index contributed by atoms with van der Waals surface area (Å²) in [6.45, 7) is 5.17. The summed E-state index contributed by atoms with van der Waals surface area (Å²) in [6, 6.07) is 5.76. The number of nitrogens with zero attached hydrogens (tertiary/aromatic N) is 1. The summed E-state index contributed by atoms with van der Waals surface area (Å²) in [4.78, 5) is 38.1. The second-order valence-electron chi connectivity index (χ2n) is 6.78. The Balaban J connectivity index is 2.80. The van der Waals surface area contributed by atoms with Crippen LogP contribution in [0.1, 0.15) is 25.8 Å². The lowest BCUT2D eigenvalue weighted by molar-refractivity contribution is -0.171. The summed E-state index contributed by atoms with van der Waals surface area (Å²) in [7, 11) is -2.44. The summed E-state index contributed by atoms with van der Waals surface area (Å²) in [5, 5.41) is 0. The highest BCUT2D eigenvalue weighted by Gasteiger charge is 2.69. The Morgan fingerprint density at radius 3 is 2.00 bits per heavy atom. The fraction of sp³-hybridized carbons (Fsp3) is 0.500. The third-order valence-corrected chi connectivity index (χ3v) is 6.68. The molecule has 9 heteroatoms. The third-order valence-electron chi connectivity index (χ3n) is 4.84. The van der Waals surface area contributed by atoms with E-state index in [0.29, 0.717) is 4.31 Å². The summed E-state index contributed by atoms with van der Waals surface area (Å²) < 4.78 is 36.4. The van der Waals surface area contributed by atoms with Crippen LogP contribution in [0.5, 0.6) is 0 Å². The number of amides is 1. The minimum atomic E-state index is -4.51. The number of carbonyl (C=O) groups is 3. The van der Waals surface area contributed by atoms with Crippen LogP contribution in [0.4, 0.5) is 0 Å². The minimum Gasteiger partial charge on any atom is -0.467 e. The first-order valence-electron chi connectivity index (χ1n) is 8.36. The van der Waals surface area contributed by atoms with Crippen LogP contribution in [0.2, 0.25) is 0 Å². The topological polar surface area (TPSA) is 107 Å². The van der Waals surface area contributed by atoms with Crippen molar-refractivity contribution in [2.45, 2.75) is 37.6 Å². The number of benzene rings is 1. The van der Waals surface area contributed by atoms with Gasteiger partial charge in [-0.25, -0.2) is 22.3 Å². The maximum Gasteiger partial charge on any atom is 0.345 e. The van der Waals surface area contributed by atoms with Crippen molar-refractivity contribution in [1.29, 1.82) is 0 Å². The zero-order valence-electron chi connectivity index (χ0n) is 15.9. The molecule has 1 aromatic rings. The van der Waals surface area contributed by atoms with Crippen molar-refractivity contribution >= 4 is 27.9 Å². The quantitative estimate of drug-likeness (QED) is 0.544. The number of esters is 2. The van der Waals surface area contributed by atoms with Crippen LogP contribution in [-0.4, -0.2) is 50.3 Å². The number of ether oxygens (including phenoxy) is 2. The number of methoxy groups -OCH3 is 2. The normalized spacial score (nSPS) is 19.3. The van der Waals surface area contributed by atoms with Gasteiger partial charge >= 0.3 is 11.9 Å². The second-order valence-corrected chi connectivity index (χ2v) is 8.57. The van der Waals surface area contributed by atoms with Crippen molar-refractivity contribution in [2.75, 3.05) is 14.2 Å². The molecular weight excluding hydrogens is 374 g/mol. The lowest BCUT2D eigenvalue weighted by Gasteiger charge is -2.37. The van der Waals surface area contributed by atoms with Crippen LogP contribution < -0.4 is 0 Å². The lowest BCUT2D eigenvalue weighted by atomic mass is 9.78. The Hall–Kier alpha value is -2.42. The molecule has 1 aromatic carbocycles. The Morgan fingerprint density at radius 2 is 1.59 bits per heavy atom. The van der Waals surface area contributed by atoms with Crippen molar-refractivity contribution in [3.63, 3.8) is 0 Å². The van der Waals surface area contributed by atoms with E-state index in [-0.39, 0.29) is 17.2 Å². The van der Waals surface area contributed by atoms with E-state index < -0.39 is 39.3 Å². The maximum absolute atomic E-state index is 13.3. The Bertz CT molecular complexity index is 842. The summed E-state index contributed by atoms with van der Waals surface area (Å²) >= 11 is 0. The molecule has 0 unspecified atom stereocenters. The minimum absolute atomic E-state index is 0.206. The molecule has 0 aromatic heterocycles. The number of hydrogen-bond acceptors (Lipinski definition) is 7. The highest BCUT2D eigenvalue weighted by atomic mass is 32.2. The highest BCUT2D eigenvalue weighted by molar-refractivity contribution is 7.89. The molecule has 0 N–H and O–H groups in total. The molecule has 27 heavy (non-hydrogen) atoms. The number of sulfonamides is 1. The van der Waals surface area contributed by atoms with Gasteiger partial charge in [0.1, 0.15) is 0 Å². The molecule has 0 aliphatic carbocycles. The first kappa shape index (κ1) is 20.9. The first-order valence-corrected chi connectivity index (χ1v) is 9.80. The average molecular weight is 397 g/mol. The van der Waals surface area contributed by atoms with E-state index in [9.17, 15) is 22.8 Å². The molecule has 148 valence electrons. The smallest absolute Gasteiger partial charge is 0.345 e. The van der Waals surface area contributed by atoms with Gasteiger partial charge < -0.3 is 9.47 Å². The fourth-order valence-electron chi connectivity index (χ4n) is 3.49. The standard InChI is InChI=1S/C18H23NO7S/c1-11(2)14-10-15(20)19(18(14,16(21)25-4)17(22)26-5)27(23,24)13-8-6-12(3)7-9-13/h6-9,11,14H,10H2,1-5H3/t14-/m1/s1. The molecule has 1 aliphatic rings. The number of rotatable bonds is 5. The number of aryl methyl sites for hydroxylation is 1. The molecule has 1 heterocycles. The summed E-state index contributed by atoms with van der Waals surface area (Å²) in [5.74, 6) is -4.44. The second kappa shape index (κ2) is 7.30. The molecular formula is C18H23NO7S. The fourth-order valence-corrected chi connectivity index (χ4v) is 5.18. The molecule has 1 fully saturated rings. The van der Waals surface area contributed by atoms with E-state index in [1.54, 1.807) is 32.9 Å². The van der Waals surface area contributed by atoms with Gasteiger partial charge in [0.25, 0.3) is 15.6 Å². The molecule has 0 saturated carbocycles. The van der Waals surface area contributed by atoms with Crippen LogP contribution >= 0.6 is 0 Å². The SMILES string of the molecule is COC(=O)C1(C(=O)OC)[C@@H](C(C)C)CC(=O)N1S(=O)(=O)c1ccc(C)cc1. The van der Waals surface area contributed by atoms with E-state index in [4.69, 9.17) is 9.47 Å². The molecule has 0 radical (unpaired) electrons. The van der Waals surface area contributed by atoms with E-state index in [0.717, 1.165) is 19.8 Å². The van der Waals surface area contributed by atoms with Gasteiger partial charge in [0.15, 0.2) is 0 Å². The largest absolute Gasteiger partial charge is 0.467 e. The molecule has 8 nitrogen and oxygen atoms in total. The van der Waals surface area contributed by atoms with E-state index in [1.165, 1.54) is 12.1 Å². The van der Waals surface area contributed by atoms with E-state index >= 15 is 0 Å². The summed E-state index contributed by atoms with van der Waals surface area (Å²) in [6.07, 6.45) is -0.299. The predicted octanol–water partition coefficient (Wildman–Crippen LogP) is 1.27. The Labute approximate surface area is 158 Å². The van der Waals surface area contributed by atoms with Crippen molar-refractivity contribution < 1.29 is 32.3 Å². The van der Waals surface area contributed by atoms with Crippen molar-refractivity contribution in [1.82, 2.24) is 4.31 Å². The van der Waals surface area contributed by atoms with Crippen LogP contribution in [0.3, 0.4) is 0 Å². The monoisotopic (exact) mass is 397 g/mol. The lowest BCUT2D eigenvalue weighted by Crippen LogP contribution is -2.64. The molecule has 2 rings (SSSR count). The Morgan fingerprint density at radius 1 is 1.11 bits per heavy atom. The van der Waals surface area contributed by atoms with Gasteiger partial charge in [0.05, 0.1) is 19.1 Å². The zero-order chi connectivity index (χ0) is 20.6. The van der Waals surface area contributed by atoms with Crippen molar-refractivity contribution in [3.8, 4) is 0 Å². The average Bonchev–Trinajstić information content (AvgIpc) is 2.95. The maximum atomic E-state index is 13.3. The van der Waals surface area contributed by atoms with Gasteiger partial charge in [-0.05, 0) is 25.0 Å². The first-order chi connectivity index (χ1) is 12.5. The van der Waals surface area contributed by atoms with Gasteiger partial charge in [-0.1, -0.05) is 31.5 Å². The molecule has 0 spiro atoms. The van der Waals surface area contributed by atoms with Crippen LogP contribution in [0, 0.1) is 18.8 Å². The third kappa shape index (κ3) is 3.09. The van der Waals surface area contributed by atoms with Crippen molar-refractivity contribution in [3.05, 3.63) is 29.8 Å². The number of hydrogen-bond donors (Lipinski definition) is 0. The van der Waals surface area contributed by atoms with E-state index in [1.807, 2.05) is 0 Å². The van der Waals surface area contributed by atoms with Gasteiger partial charge in [-0.2, -0.15) is 0 Å². The highest BCUT2D eigenvalue weighted by Crippen LogP contribution is 2.45. The molecule has 1 atom stereocenters. The Kier molecular flexibility index (Phi) is 5.65. The summed E-state index contributed by atoms with van der Waals surface area (Å²) in [5.41, 5.74) is -1.59. The van der Waals surface area contributed by atoms with Crippen LogP contribution in [0.15, 0.2) is 29.2 Å². The molecule has 0 bridgehead atoms. The van der Waals surface area contributed by atoms with Crippen LogP contribution in [-0.2, 0) is 33.9 Å². The predicted molar refractivity (Wildman–Crippen MR) is 94.9 cm³/mol. The molecule has 1 aliphatic heterocycles. The van der Waals surface area contributed by atoms with Crippen LogP contribution in [0.25, 0.3) is 0 Å². The van der Waals surface area contributed by atoms with Crippen molar-refractivity contribution in [2.24, 2.45) is 11.8 Å². The zero-order valence-corrected chi connectivity index (χ0v) is 16.7. The van der Waals surface area contributed by atoms with Gasteiger partial charge in [-0.15, -0.1) is 0 Å². The van der Waals surface area contributed by atoms with Gasteiger partial charge in [0, 0.05) is 12.3 Å². The number of carbonyl (C=O) groups excluding carboxylic acids is 3. The molecule has 1 amide bonds. The molecule has 1 saturated heterocycles. The van der Waals surface area contributed by atoms with E-state index in [2.05, 4.69) is 0 Å². The van der Waals surface area contributed by atoms with Gasteiger partial charge in [0.2, 0.25) is 5.91 Å².